The summed E-state index contributed by atoms with van der Waals surface area (Å²) in [6.07, 6.45) is 2.61. The predicted octanol–water partition coefficient (Wildman–Crippen LogP) is 1.88. The minimum atomic E-state index is -0.0643. The quantitative estimate of drug-likeness (QED) is 0.771. The Morgan fingerprint density at radius 3 is 3.12 bits per heavy atom. The van der Waals surface area contributed by atoms with Gasteiger partial charge in [-0.05, 0) is 35.6 Å². The second kappa shape index (κ2) is 6.29. The summed E-state index contributed by atoms with van der Waals surface area (Å²) < 4.78 is 5.73. The van der Waals surface area contributed by atoms with Crippen LogP contribution in [0.5, 0.6) is 0 Å². The van der Waals surface area contributed by atoms with Crippen molar-refractivity contribution in [3.05, 3.63) is 46.4 Å². The molecule has 2 aromatic heterocycles. The molecule has 8 heteroatoms. The van der Waals surface area contributed by atoms with Gasteiger partial charge in [0.1, 0.15) is 0 Å². The third-order valence-corrected chi connectivity index (χ3v) is 5.54. The largest absolute Gasteiger partial charge is 0.351 e. The van der Waals surface area contributed by atoms with Crippen molar-refractivity contribution in [3.63, 3.8) is 0 Å². The Morgan fingerprint density at radius 1 is 1.44 bits per heavy atom. The SMILES string of the molecule is CN(CCc1ncon1)C(=O)c1ccc2sc3c(c2c1)CCNC3=O. The minimum Gasteiger partial charge on any atom is -0.351 e. The molecule has 2 amide bonds. The Hall–Kier alpha value is -2.74. The molecular formula is C17H16N4O3S. The topological polar surface area (TPSA) is 88.3 Å². The fraction of sp³-hybridized carbons (Fsp3) is 0.294. The number of carbonyl (C=O) groups excluding carboxylic acids is 2. The monoisotopic (exact) mass is 356 g/mol. The van der Waals surface area contributed by atoms with Gasteiger partial charge in [0.15, 0.2) is 5.82 Å². The van der Waals surface area contributed by atoms with Gasteiger partial charge in [0.05, 0.1) is 4.88 Å². The van der Waals surface area contributed by atoms with Gasteiger partial charge in [0, 0.05) is 36.8 Å². The van der Waals surface area contributed by atoms with Crippen LogP contribution in [0.1, 0.15) is 31.4 Å². The molecule has 3 heterocycles. The van der Waals surface area contributed by atoms with E-state index in [9.17, 15) is 9.59 Å². The number of hydrogen-bond acceptors (Lipinski definition) is 6. The van der Waals surface area contributed by atoms with Crippen LogP contribution in [0.2, 0.25) is 0 Å². The second-order valence-corrected chi connectivity index (χ2v) is 7.00. The highest BCUT2D eigenvalue weighted by molar-refractivity contribution is 7.21. The van der Waals surface area contributed by atoms with Crippen molar-refractivity contribution < 1.29 is 14.1 Å². The van der Waals surface area contributed by atoms with E-state index in [1.165, 1.54) is 17.7 Å². The maximum atomic E-state index is 12.7. The van der Waals surface area contributed by atoms with Crippen molar-refractivity contribution in [2.45, 2.75) is 12.8 Å². The molecule has 1 N–H and O–H groups in total. The summed E-state index contributed by atoms with van der Waals surface area (Å²) in [4.78, 5) is 31.0. The number of carbonyl (C=O) groups is 2. The number of benzene rings is 1. The lowest BCUT2D eigenvalue weighted by Gasteiger charge is -2.16. The molecule has 0 bridgehead atoms. The maximum Gasteiger partial charge on any atom is 0.261 e. The number of hydrogen-bond donors (Lipinski definition) is 1. The third-order valence-electron chi connectivity index (χ3n) is 4.33. The van der Waals surface area contributed by atoms with E-state index in [0.717, 1.165) is 26.9 Å². The van der Waals surface area contributed by atoms with Gasteiger partial charge in [-0.15, -0.1) is 11.3 Å². The molecule has 0 fully saturated rings. The lowest BCUT2D eigenvalue weighted by atomic mass is 10.0. The molecule has 0 unspecified atom stereocenters. The first-order valence-corrected chi connectivity index (χ1v) is 8.79. The van der Waals surface area contributed by atoms with E-state index in [-0.39, 0.29) is 11.8 Å². The van der Waals surface area contributed by atoms with Gasteiger partial charge in [0.25, 0.3) is 11.8 Å². The number of likely N-dealkylation sites (N-methyl/N-ethyl adjacent to an activating group) is 1. The molecule has 0 saturated carbocycles. The first-order chi connectivity index (χ1) is 12.1. The molecule has 4 rings (SSSR count). The average Bonchev–Trinajstić information content (AvgIpc) is 3.27. The normalized spacial score (nSPS) is 13.6. The Morgan fingerprint density at radius 2 is 2.32 bits per heavy atom. The smallest absolute Gasteiger partial charge is 0.261 e. The van der Waals surface area contributed by atoms with Crippen molar-refractivity contribution in [1.29, 1.82) is 0 Å². The van der Waals surface area contributed by atoms with Crippen molar-refractivity contribution in [2.75, 3.05) is 20.1 Å². The van der Waals surface area contributed by atoms with Gasteiger partial charge in [0.2, 0.25) is 6.39 Å². The fourth-order valence-corrected chi connectivity index (χ4v) is 4.13. The molecule has 25 heavy (non-hydrogen) atoms. The van der Waals surface area contributed by atoms with E-state index in [1.54, 1.807) is 11.9 Å². The van der Waals surface area contributed by atoms with Crippen molar-refractivity contribution in [2.24, 2.45) is 0 Å². The van der Waals surface area contributed by atoms with E-state index < -0.39 is 0 Å². The molecule has 128 valence electrons. The predicted molar refractivity (Wildman–Crippen MR) is 92.8 cm³/mol. The summed E-state index contributed by atoms with van der Waals surface area (Å²) in [7, 11) is 1.75. The van der Waals surface area contributed by atoms with Crippen molar-refractivity contribution in [1.82, 2.24) is 20.4 Å². The van der Waals surface area contributed by atoms with Crippen LogP contribution in [0.3, 0.4) is 0 Å². The van der Waals surface area contributed by atoms with E-state index >= 15 is 0 Å². The highest BCUT2D eigenvalue weighted by Crippen LogP contribution is 2.34. The van der Waals surface area contributed by atoms with Gasteiger partial charge in [-0.25, -0.2) is 0 Å². The number of thiophene rings is 1. The number of aromatic nitrogens is 2. The zero-order chi connectivity index (χ0) is 17.4. The minimum absolute atomic E-state index is 0.0208. The number of nitrogens with zero attached hydrogens (tertiary/aromatic N) is 3. The van der Waals surface area contributed by atoms with E-state index in [0.29, 0.717) is 30.9 Å². The van der Waals surface area contributed by atoms with Gasteiger partial charge < -0.3 is 14.7 Å². The molecule has 3 aromatic rings. The lowest BCUT2D eigenvalue weighted by molar-refractivity contribution is 0.0795. The Kier molecular flexibility index (Phi) is 3.96. The number of rotatable bonds is 4. The van der Waals surface area contributed by atoms with Gasteiger partial charge >= 0.3 is 0 Å². The van der Waals surface area contributed by atoms with Gasteiger partial charge in [-0.3, -0.25) is 9.59 Å². The fourth-order valence-electron chi connectivity index (χ4n) is 2.99. The van der Waals surface area contributed by atoms with Crippen LogP contribution in [-0.2, 0) is 12.8 Å². The van der Waals surface area contributed by atoms with Crippen LogP contribution in [0, 0.1) is 0 Å². The average molecular weight is 356 g/mol. The summed E-state index contributed by atoms with van der Waals surface area (Å²) in [5.74, 6) is 0.492. The second-order valence-electron chi connectivity index (χ2n) is 5.95. The Labute approximate surface area is 147 Å². The zero-order valence-corrected chi connectivity index (χ0v) is 14.4. The number of nitrogens with one attached hydrogen (secondary N) is 1. The Balaban J connectivity index is 1.58. The van der Waals surface area contributed by atoms with Crippen LogP contribution < -0.4 is 5.32 Å². The molecule has 1 aliphatic rings. The molecule has 0 spiro atoms. The molecule has 0 radical (unpaired) electrons. The van der Waals surface area contributed by atoms with E-state index in [1.807, 2.05) is 18.2 Å². The molecule has 0 atom stereocenters. The summed E-state index contributed by atoms with van der Waals surface area (Å²) in [5.41, 5.74) is 1.67. The molecule has 7 nitrogen and oxygen atoms in total. The first kappa shape index (κ1) is 15.8. The van der Waals surface area contributed by atoms with Crippen molar-refractivity contribution in [3.8, 4) is 0 Å². The highest BCUT2D eigenvalue weighted by Gasteiger charge is 2.23. The van der Waals surface area contributed by atoms with Crippen LogP contribution in [0.25, 0.3) is 10.1 Å². The standard InChI is InChI=1S/C17H16N4O3S/c1-21(7-5-14-19-9-24-20-14)17(23)10-2-3-13-12(8-10)11-4-6-18-16(22)15(11)25-13/h2-3,8-9H,4-7H2,1H3,(H,18,22). The highest BCUT2D eigenvalue weighted by atomic mass is 32.1. The molecule has 1 aliphatic heterocycles. The third kappa shape index (κ3) is 2.89. The van der Waals surface area contributed by atoms with Gasteiger partial charge in [-0.2, -0.15) is 4.98 Å². The van der Waals surface area contributed by atoms with Gasteiger partial charge in [-0.1, -0.05) is 5.16 Å². The van der Waals surface area contributed by atoms with Crippen LogP contribution in [-0.4, -0.2) is 47.0 Å². The summed E-state index contributed by atoms with van der Waals surface area (Å²) >= 11 is 1.48. The molecular weight excluding hydrogens is 340 g/mol. The lowest BCUT2D eigenvalue weighted by Crippen LogP contribution is -2.30. The van der Waals surface area contributed by atoms with E-state index in [4.69, 9.17) is 4.52 Å². The number of fused-ring (bicyclic) bond motifs is 3. The molecule has 1 aromatic carbocycles. The zero-order valence-electron chi connectivity index (χ0n) is 13.6. The van der Waals surface area contributed by atoms with Crippen molar-refractivity contribution >= 4 is 33.2 Å². The summed E-state index contributed by atoms with van der Waals surface area (Å²) in [6, 6.07) is 5.64. The van der Waals surface area contributed by atoms with Crippen LogP contribution in [0.4, 0.5) is 0 Å². The van der Waals surface area contributed by atoms with E-state index in [2.05, 4.69) is 15.5 Å². The summed E-state index contributed by atoms with van der Waals surface area (Å²) in [5, 5.41) is 7.62. The number of amides is 2. The molecule has 0 saturated heterocycles. The first-order valence-electron chi connectivity index (χ1n) is 7.98. The Bertz CT molecular complexity index is 948. The van der Waals surface area contributed by atoms with Crippen LogP contribution in [0.15, 0.2) is 29.1 Å². The maximum absolute atomic E-state index is 12.7. The van der Waals surface area contributed by atoms with Crippen LogP contribution >= 0.6 is 11.3 Å². The summed E-state index contributed by atoms with van der Waals surface area (Å²) in [6.45, 7) is 1.14. The molecule has 0 aliphatic carbocycles.